The third kappa shape index (κ3) is 4.54. The molecule has 0 fully saturated rings. The Morgan fingerprint density at radius 2 is 1.71 bits per heavy atom. The summed E-state index contributed by atoms with van der Waals surface area (Å²) < 4.78 is 11.8. The topological polar surface area (TPSA) is 35.5 Å². The summed E-state index contributed by atoms with van der Waals surface area (Å²) in [6.07, 6.45) is 0. The Bertz CT molecular complexity index is 738. The van der Waals surface area contributed by atoms with Gasteiger partial charge in [0.2, 0.25) is 0 Å². The van der Waals surface area contributed by atoms with Crippen LogP contribution in [-0.4, -0.2) is 11.7 Å². The van der Waals surface area contributed by atoms with Gasteiger partial charge in [0.1, 0.15) is 18.1 Å². The van der Waals surface area contributed by atoms with Crippen molar-refractivity contribution < 1.29 is 14.3 Å². The van der Waals surface area contributed by atoms with E-state index in [0.717, 1.165) is 27.5 Å². The smallest absolute Gasteiger partial charge is 0.190 e. The number of thioether (sulfide) groups is 1. The van der Waals surface area contributed by atoms with E-state index in [0.29, 0.717) is 13.2 Å². The second-order valence-electron chi connectivity index (χ2n) is 5.75. The zero-order valence-corrected chi connectivity index (χ0v) is 15.8. The molecule has 0 heterocycles. The van der Waals surface area contributed by atoms with Crippen molar-refractivity contribution in [3.05, 3.63) is 52.6 Å². The molecular weight excluding hydrogens is 320 g/mol. The summed E-state index contributed by atoms with van der Waals surface area (Å²) in [6, 6.07) is 9.94. The van der Waals surface area contributed by atoms with E-state index in [9.17, 15) is 4.79 Å². The first kappa shape index (κ1) is 18.4. The van der Waals surface area contributed by atoms with E-state index in [1.54, 1.807) is 6.92 Å². The summed E-state index contributed by atoms with van der Waals surface area (Å²) in [7, 11) is 0. The van der Waals surface area contributed by atoms with Crippen LogP contribution in [0.25, 0.3) is 0 Å². The van der Waals surface area contributed by atoms with Crippen LogP contribution < -0.4 is 9.47 Å². The molecule has 0 unspecified atom stereocenters. The number of aryl methyl sites for hydroxylation is 3. The molecule has 4 heteroatoms. The Hall–Kier alpha value is -1.94. The van der Waals surface area contributed by atoms with Crippen molar-refractivity contribution in [1.82, 2.24) is 0 Å². The van der Waals surface area contributed by atoms with Crippen molar-refractivity contribution >= 4 is 16.9 Å². The lowest BCUT2D eigenvalue weighted by molar-refractivity contribution is -0.109. The highest BCUT2D eigenvalue weighted by Crippen LogP contribution is 2.32. The van der Waals surface area contributed by atoms with Crippen LogP contribution in [0.15, 0.2) is 35.2 Å². The Kier molecular flexibility index (Phi) is 6.32. The molecule has 0 atom stereocenters. The van der Waals surface area contributed by atoms with Crippen molar-refractivity contribution in [2.45, 2.75) is 46.1 Å². The van der Waals surface area contributed by atoms with Crippen molar-refractivity contribution in [3.8, 4) is 11.5 Å². The average molecular weight is 344 g/mol. The molecule has 2 aromatic rings. The van der Waals surface area contributed by atoms with Crippen LogP contribution in [-0.2, 0) is 11.4 Å². The van der Waals surface area contributed by atoms with Gasteiger partial charge in [-0.3, -0.25) is 4.79 Å². The number of ether oxygens (including phenoxy) is 2. The number of carbonyl (C=O) groups is 1. The van der Waals surface area contributed by atoms with Crippen LogP contribution >= 0.6 is 11.8 Å². The fourth-order valence-corrected chi connectivity index (χ4v) is 3.21. The van der Waals surface area contributed by atoms with Crippen LogP contribution in [0.3, 0.4) is 0 Å². The number of carbonyl (C=O) groups excluding carboxylic acids is 1. The maximum atomic E-state index is 11.5. The lowest BCUT2D eigenvalue weighted by atomic mass is 10.1. The molecule has 0 amide bonds. The molecule has 0 saturated carbocycles. The molecule has 0 N–H and O–H groups in total. The van der Waals surface area contributed by atoms with Crippen molar-refractivity contribution in [3.63, 3.8) is 0 Å². The van der Waals surface area contributed by atoms with E-state index in [4.69, 9.17) is 9.47 Å². The van der Waals surface area contributed by atoms with Gasteiger partial charge in [0.25, 0.3) is 0 Å². The van der Waals surface area contributed by atoms with Gasteiger partial charge in [-0.2, -0.15) is 0 Å². The summed E-state index contributed by atoms with van der Waals surface area (Å²) in [4.78, 5) is 12.4. The Morgan fingerprint density at radius 1 is 1.00 bits per heavy atom. The third-order valence-electron chi connectivity index (χ3n) is 3.81. The molecule has 2 rings (SSSR count). The van der Waals surface area contributed by atoms with E-state index in [2.05, 4.69) is 26.0 Å². The molecule has 24 heavy (non-hydrogen) atoms. The molecule has 0 spiro atoms. The Labute approximate surface area is 148 Å². The fourth-order valence-electron chi connectivity index (χ4n) is 2.47. The number of benzene rings is 2. The van der Waals surface area contributed by atoms with Gasteiger partial charge in [0.15, 0.2) is 5.12 Å². The van der Waals surface area contributed by atoms with E-state index in [1.807, 2.05) is 32.0 Å². The summed E-state index contributed by atoms with van der Waals surface area (Å²) >= 11 is 1.21. The molecule has 0 aliphatic heterocycles. The standard InChI is InChI=1S/C20H24O3S/c1-6-22-18-8-7-9-20(24-16(5)21)17(18)12-23-19-11-14(3)13(2)10-15(19)4/h7-11H,6,12H2,1-5H3. The maximum absolute atomic E-state index is 11.5. The van der Waals surface area contributed by atoms with Gasteiger partial charge in [-0.1, -0.05) is 23.9 Å². The van der Waals surface area contributed by atoms with Crippen LogP contribution in [0.1, 0.15) is 36.1 Å². The van der Waals surface area contributed by atoms with E-state index in [1.165, 1.54) is 22.9 Å². The monoisotopic (exact) mass is 344 g/mol. The van der Waals surface area contributed by atoms with Gasteiger partial charge in [0.05, 0.1) is 6.61 Å². The molecule has 0 bridgehead atoms. The highest BCUT2D eigenvalue weighted by atomic mass is 32.2. The molecule has 0 saturated heterocycles. The number of hydrogen-bond acceptors (Lipinski definition) is 4. The Morgan fingerprint density at radius 3 is 2.38 bits per heavy atom. The first-order chi connectivity index (χ1) is 11.4. The van der Waals surface area contributed by atoms with E-state index in [-0.39, 0.29) is 5.12 Å². The van der Waals surface area contributed by atoms with Gasteiger partial charge < -0.3 is 9.47 Å². The zero-order chi connectivity index (χ0) is 17.7. The first-order valence-corrected chi connectivity index (χ1v) is 8.87. The summed E-state index contributed by atoms with van der Waals surface area (Å²) in [6.45, 7) is 10.7. The van der Waals surface area contributed by atoms with Gasteiger partial charge in [-0.25, -0.2) is 0 Å². The van der Waals surface area contributed by atoms with Gasteiger partial charge >= 0.3 is 0 Å². The SMILES string of the molecule is CCOc1cccc(SC(C)=O)c1COc1cc(C)c(C)cc1C. The van der Waals surface area contributed by atoms with E-state index < -0.39 is 0 Å². The minimum Gasteiger partial charge on any atom is -0.493 e. The van der Waals surface area contributed by atoms with Crippen LogP contribution in [0.4, 0.5) is 0 Å². The minimum atomic E-state index is 0.0484. The molecule has 2 aromatic carbocycles. The first-order valence-electron chi connectivity index (χ1n) is 8.06. The molecular formula is C20H24O3S. The van der Waals surface area contributed by atoms with Crippen LogP contribution in [0.5, 0.6) is 11.5 Å². The molecule has 0 aliphatic rings. The molecule has 0 radical (unpaired) electrons. The van der Waals surface area contributed by atoms with Gasteiger partial charge in [-0.15, -0.1) is 0 Å². The molecule has 0 aromatic heterocycles. The molecule has 3 nitrogen and oxygen atoms in total. The van der Waals surface area contributed by atoms with Crippen LogP contribution in [0.2, 0.25) is 0 Å². The second kappa shape index (κ2) is 8.25. The average Bonchev–Trinajstić information content (AvgIpc) is 2.51. The molecule has 0 aliphatic carbocycles. The lowest BCUT2D eigenvalue weighted by Crippen LogP contribution is -2.04. The summed E-state index contributed by atoms with van der Waals surface area (Å²) in [5.41, 5.74) is 4.47. The molecule has 128 valence electrons. The number of rotatable bonds is 6. The highest BCUT2D eigenvalue weighted by molar-refractivity contribution is 8.13. The largest absolute Gasteiger partial charge is 0.493 e. The predicted molar refractivity (Wildman–Crippen MR) is 99.1 cm³/mol. The predicted octanol–water partition coefficient (Wildman–Crippen LogP) is 5.23. The summed E-state index contributed by atoms with van der Waals surface area (Å²) in [5.74, 6) is 1.63. The minimum absolute atomic E-state index is 0.0484. The highest BCUT2D eigenvalue weighted by Gasteiger charge is 2.13. The van der Waals surface area contributed by atoms with Gasteiger partial charge in [-0.05, 0) is 62.6 Å². The van der Waals surface area contributed by atoms with Crippen LogP contribution in [0, 0.1) is 20.8 Å². The quantitative estimate of drug-likeness (QED) is 0.672. The van der Waals surface area contributed by atoms with Gasteiger partial charge in [0, 0.05) is 17.4 Å². The van der Waals surface area contributed by atoms with Crippen molar-refractivity contribution in [2.75, 3.05) is 6.61 Å². The number of hydrogen-bond donors (Lipinski definition) is 0. The van der Waals surface area contributed by atoms with Crippen molar-refractivity contribution in [1.29, 1.82) is 0 Å². The summed E-state index contributed by atoms with van der Waals surface area (Å²) in [5, 5.41) is 0.0484. The fraction of sp³-hybridized carbons (Fsp3) is 0.350. The normalized spacial score (nSPS) is 10.5. The lowest BCUT2D eigenvalue weighted by Gasteiger charge is -2.16. The van der Waals surface area contributed by atoms with Crippen molar-refractivity contribution in [2.24, 2.45) is 0 Å². The maximum Gasteiger partial charge on any atom is 0.190 e. The van der Waals surface area contributed by atoms with E-state index >= 15 is 0 Å². The Balaban J connectivity index is 2.30. The second-order valence-corrected chi connectivity index (χ2v) is 6.97. The third-order valence-corrected chi connectivity index (χ3v) is 4.70. The zero-order valence-electron chi connectivity index (χ0n) is 14.9.